The third kappa shape index (κ3) is 6.63. The van der Waals surface area contributed by atoms with Crippen molar-refractivity contribution in [3.05, 3.63) is 83.3 Å². The number of carbonyl (C=O) groups excluding carboxylic acids is 1. The summed E-state index contributed by atoms with van der Waals surface area (Å²) in [5.41, 5.74) is 4.17. The lowest BCUT2D eigenvalue weighted by Crippen LogP contribution is -2.51. The van der Waals surface area contributed by atoms with E-state index in [0.29, 0.717) is 23.3 Å². The number of fused-ring (bicyclic) bond motifs is 5. The molecule has 1 saturated heterocycles. The maximum absolute atomic E-state index is 14.5. The molecule has 2 aromatic heterocycles. The molecule has 4 heterocycles. The number of sulfonamides is 1. The molecule has 2 saturated carbocycles. The number of hydrogen-bond acceptors (Lipinski definition) is 10. The van der Waals surface area contributed by atoms with E-state index in [1.807, 2.05) is 38.2 Å². The number of rotatable bonds is 7. The summed E-state index contributed by atoms with van der Waals surface area (Å²) in [6.45, 7) is 5.28. The van der Waals surface area contributed by atoms with Crippen LogP contribution < -0.4 is 14.4 Å². The van der Waals surface area contributed by atoms with E-state index in [-0.39, 0.29) is 54.1 Å². The standard InChI is InChI=1S/C37H41N7O5S/c1-23-6-3-7-24(2)35(23)31-17-34-41-37(40-31)42-50(46,47)30-10-4-8-26(16-30)36(45)44(28(22-49-34)21-48-29-12-13-29)20-27-18-38-19-33(39-27)43-15-5-9-25-11-14-32(25)43/h3-4,6-8,10,16-19,25,28-29,32H,5,9,11-15,20-22H2,1-2H3,(H,40,41,42)/t25-,28-,32+/m1/s1. The molecule has 2 aromatic carbocycles. The molecule has 0 spiro atoms. The van der Waals surface area contributed by atoms with E-state index in [4.69, 9.17) is 14.5 Å². The summed E-state index contributed by atoms with van der Waals surface area (Å²) in [5, 5.41) is 0. The number of anilines is 2. The molecule has 4 aliphatic rings. The molecule has 50 heavy (non-hydrogen) atoms. The average molecular weight is 696 g/mol. The minimum Gasteiger partial charge on any atom is -0.475 e. The Morgan fingerprint density at radius 2 is 1.78 bits per heavy atom. The van der Waals surface area contributed by atoms with Crippen molar-refractivity contribution in [2.45, 2.75) is 82.0 Å². The van der Waals surface area contributed by atoms with E-state index in [9.17, 15) is 13.2 Å². The molecule has 3 atom stereocenters. The fraction of sp³-hybridized carbons (Fsp3) is 0.432. The number of aromatic nitrogens is 4. The van der Waals surface area contributed by atoms with Gasteiger partial charge in [0.1, 0.15) is 12.4 Å². The highest BCUT2D eigenvalue weighted by Crippen LogP contribution is 2.40. The van der Waals surface area contributed by atoms with Crippen molar-refractivity contribution in [2.75, 3.05) is 29.4 Å². The van der Waals surface area contributed by atoms with Crippen LogP contribution in [-0.4, -0.2) is 77.1 Å². The van der Waals surface area contributed by atoms with Crippen molar-refractivity contribution in [3.8, 4) is 17.1 Å². The molecule has 3 fully saturated rings. The Bertz CT molecular complexity index is 2020. The zero-order chi connectivity index (χ0) is 34.4. The number of carbonyl (C=O) groups is 1. The lowest BCUT2D eigenvalue weighted by molar-refractivity contribution is 0.0209. The first-order chi connectivity index (χ1) is 24.2. The number of amides is 1. The van der Waals surface area contributed by atoms with Gasteiger partial charge in [-0.05, 0) is 87.6 Å². The van der Waals surface area contributed by atoms with Crippen LogP contribution in [0.2, 0.25) is 0 Å². The second-order valence-corrected chi connectivity index (χ2v) is 15.5. The van der Waals surface area contributed by atoms with Gasteiger partial charge in [0.15, 0.2) is 0 Å². The van der Waals surface area contributed by atoms with E-state index < -0.39 is 16.1 Å². The molecule has 1 amide bonds. The first-order valence-electron chi connectivity index (χ1n) is 17.4. The zero-order valence-corrected chi connectivity index (χ0v) is 29.1. The normalized spacial score (nSPS) is 22.9. The van der Waals surface area contributed by atoms with Gasteiger partial charge in [0.2, 0.25) is 11.8 Å². The van der Waals surface area contributed by atoms with E-state index in [1.54, 1.807) is 29.3 Å². The summed E-state index contributed by atoms with van der Waals surface area (Å²) < 4.78 is 42.6. The zero-order valence-electron chi connectivity index (χ0n) is 28.3. The van der Waals surface area contributed by atoms with Crippen LogP contribution in [0, 0.1) is 19.8 Å². The lowest BCUT2D eigenvalue weighted by atomic mass is 9.73. The molecule has 8 rings (SSSR count). The fourth-order valence-electron chi connectivity index (χ4n) is 7.35. The largest absolute Gasteiger partial charge is 0.475 e. The van der Waals surface area contributed by atoms with E-state index in [2.05, 4.69) is 24.6 Å². The van der Waals surface area contributed by atoms with Crippen LogP contribution >= 0.6 is 0 Å². The maximum atomic E-state index is 14.5. The predicted molar refractivity (Wildman–Crippen MR) is 187 cm³/mol. The number of aryl methyl sites for hydroxylation is 2. The van der Waals surface area contributed by atoms with Gasteiger partial charge in [0.05, 0.1) is 54.0 Å². The smallest absolute Gasteiger partial charge is 0.264 e. The van der Waals surface area contributed by atoms with Crippen LogP contribution in [0.15, 0.2) is 65.8 Å². The van der Waals surface area contributed by atoms with Gasteiger partial charge in [-0.15, -0.1) is 0 Å². The minimum absolute atomic E-state index is 0.0382. The monoisotopic (exact) mass is 695 g/mol. The minimum atomic E-state index is -4.18. The quantitative estimate of drug-likeness (QED) is 0.271. The summed E-state index contributed by atoms with van der Waals surface area (Å²) in [6, 6.07) is 13.6. The van der Waals surface area contributed by atoms with Crippen LogP contribution in [0.25, 0.3) is 11.3 Å². The van der Waals surface area contributed by atoms with Crippen molar-refractivity contribution in [1.82, 2.24) is 24.8 Å². The third-order valence-electron chi connectivity index (χ3n) is 10.3. The van der Waals surface area contributed by atoms with Crippen molar-refractivity contribution in [2.24, 2.45) is 5.92 Å². The highest BCUT2D eigenvalue weighted by molar-refractivity contribution is 7.92. The van der Waals surface area contributed by atoms with Gasteiger partial charge in [0.25, 0.3) is 15.9 Å². The van der Waals surface area contributed by atoms with Crippen LogP contribution in [0.3, 0.4) is 0 Å². The predicted octanol–water partition coefficient (Wildman–Crippen LogP) is 5.31. The summed E-state index contributed by atoms with van der Waals surface area (Å²) in [4.78, 5) is 37.1. The Kier molecular flexibility index (Phi) is 8.64. The van der Waals surface area contributed by atoms with Gasteiger partial charge < -0.3 is 19.3 Å². The Balaban J connectivity index is 1.19. The van der Waals surface area contributed by atoms with E-state index >= 15 is 0 Å². The van der Waals surface area contributed by atoms with Crippen LogP contribution in [-0.2, 0) is 21.3 Å². The van der Waals surface area contributed by atoms with Crippen LogP contribution in [0.1, 0.15) is 65.7 Å². The molecule has 260 valence electrons. The third-order valence-corrected chi connectivity index (χ3v) is 11.6. The van der Waals surface area contributed by atoms with Crippen LogP contribution in [0.5, 0.6) is 5.88 Å². The van der Waals surface area contributed by atoms with Crippen LogP contribution in [0.4, 0.5) is 11.8 Å². The number of ether oxygens (including phenoxy) is 2. The Labute approximate surface area is 292 Å². The summed E-state index contributed by atoms with van der Waals surface area (Å²) in [7, 11) is -4.18. The average Bonchev–Trinajstić information content (AvgIpc) is 3.92. The number of benzene rings is 2. The molecule has 4 bridgehead atoms. The molecular weight excluding hydrogens is 655 g/mol. The van der Waals surface area contributed by atoms with Crippen molar-refractivity contribution >= 4 is 27.7 Å². The van der Waals surface area contributed by atoms with Gasteiger partial charge in [-0.2, -0.15) is 4.98 Å². The second-order valence-electron chi connectivity index (χ2n) is 13.9. The van der Waals surface area contributed by atoms with Gasteiger partial charge >= 0.3 is 0 Å². The SMILES string of the molecule is Cc1cccc(C)c1-c1cc2nc(n1)NS(=O)(=O)c1cccc(c1)C(=O)N(Cc1cncc(N3CCC[C@@H]4CC[C@@H]43)n1)[C@H](COC1CC1)CO2. The Morgan fingerprint density at radius 1 is 0.960 bits per heavy atom. The molecule has 0 unspecified atom stereocenters. The summed E-state index contributed by atoms with van der Waals surface area (Å²) in [6.07, 6.45) is 10.4. The lowest BCUT2D eigenvalue weighted by Gasteiger charge is -2.49. The molecule has 13 heteroatoms. The fourth-order valence-corrected chi connectivity index (χ4v) is 8.34. The molecule has 12 nitrogen and oxygen atoms in total. The highest BCUT2D eigenvalue weighted by Gasteiger charge is 2.39. The molecule has 0 radical (unpaired) electrons. The first-order valence-corrected chi connectivity index (χ1v) is 18.9. The van der Waals surface area contributed by atoms with E-state index in [0.717, 1.165) is 54.7 Å². The number of nitrogens with zero attached hydrogens (tertiary/aromatic N) is 6. The van der Waals surface area contributed by atoms with Gasteiger partial charge in [-0.1, -0.05) is 24.3 Å². The molecule has 2 aliphatic carbocycles. The van der Waals surface area contributed by atoms with Gasteiger partial charge in [0, 0.05) is 29.8 Å². The summed E-state index contributed by atoms with van der Waals surface area (Å²) >= 11 is 0. The van der Waals surface area contributed by atoms with Crippen molar-refractivity contribution < 1.29 is 22.7 Å². The molecular formula is C37H41N7O5S. The first kappa shape index (κ1) is 32.6. The molecule has 2 aliphatic heterocycles. The summed E-state index contributed by atoms with van der Waals surface area (Å²) in [5.74, 6) is 1.20. The number of hydrogen-bond donors (Lipinski definition) is 1. The van der Waals surface area contributed by atoms with E-state index in [1.165, 1.54) is 25.0 Å². The van der Waals surface area contributed by atoms with Crippen molar-refractivity contribution in [1.29, 1.82) is 0 Å². The maximum Gasteiger partial charge on any atom is 0.264 e. The number of piperidine rings is 1. The van der Waals surface area contributed by atoms with Gasteiger partial charge in [-0.25, -0.2) is 23.1 Å². The highest BCUT2D eigenvalue weighted by atomic mass is 32.2. The Morgan fingerprint density at radius 3 is 2.56 bits per heavy atom. The number of nitrogens with one attached hydrogen (secondary N) is 1. The second kappa shape index (κ2) is 13.3. The topological polar surface area (TPSA) is 140 Å². The van der Waals surface area contributed by atoms with Crippen molar-refractivity contribution in [3.63, 3.8) is 0 Å². The Hall–Kier alpha value is -4.62. The molecule has 4 aromatic rings. The van der Waals surface area contributed by atoms with Gasteiger partial charge in [-0.3, -0.25) is 9.78 Å². The molecule has 1 N–H and O–H groups in total.